The highest BCUT2D eigenvalue weighted by Gasteiger charge is 2.05. The molecule has 1 N–H and O–H groups in total. The Labute approximate surface area is 84.5 Å². The van der Waals surface area contributed by atoms with Gasteiger partial charge >= 0.3 is 0 Å². The fourth-order valence-electron chi connectivity index (χ4n) is 1.24. The summed E-state index contributed by atoms with van der Waals surface area (Å²) in [6.07, 6.45) is 1.13. The maximum absolute atomic E-state index is 5.02. The van der Waals surface area contributed by atoms with Crippen LogP contribution >= 0.6 is 0 Å². The summed E-state index contributed by atoms with van der Waals surface area (Å²) in [6, 6.07) is 0. The molecule has 0 saturated heterocycles. The predicted molar refractivity (Wildman–Crippen MR) is 53.9 cm³/mol. The van der Waals surface area contributed by atoms with Gasteiger partial charge in [-0.15, -0.1) is 0 Å². The molecule has 1 heterocycles. The zero-order valence-corrected chi connectivity index (χ0v) is 9.08. The van der Waals surface area contributed by atoms with Gasteiger partial charge in [-0.3, -0.25) is 4.90 Å². The van der Waals surface area contributed by atoms with Crippen LogP contribution in [-0.2, 0) is 6.54 Å². The van der Waals surface area contributed by atoms with Crippen LogP contribution in [0.25, 0.3) is 0 Å². The largest absolute Gasteiger partial charge is 0.338 e. The first-order chi connectivity index (χ1) is 6.72. The quantitative estimate of drug-likeness (QED) is 0.671. The van der Waals surface area contributed by atoms with Crippen molar-refractivity contribution in [1.82, 2.24) is 20.4 Å². The second-order valence-corrected chi connectivity index (χ2v) is 3.43. The Kier molecular flexibility index (Phi) is 4.55. The molecule has 80 valence electrons. The third-order valence-electron chi connectivity index (χ3n) is 1.94. The Hall–Kier alpha value is -0.940. The van der Waals surface area contributed by atoms with Crippen molar-refractivity contribution in [3.8, 4) is 0 Å². The van der Waals surface area contributed by atoms with Gasteiger partial charge in [0.15, 0.2) is 5.82 Å². The molecule has 0 radical (unpaired) electrons. The van der Waals surface area contributed by atoms with Crippen LogP contribution in [0.5, 0.6) is 0 Å². The molecule has 0 aromatic carbocycles. The lowest BCUT2D eigenvalue weighted by atomic mass is 10.4. The van der Waals surface area contributed by atoms with Gasteiger partial charge in [0.1, 0.15) is 0 Å². The molecule has 0 unspecified atom stereocenters. The summed E-state index contributed by atoms with van der Waals surface area (Å²) in [4.78, 5) is 6.31. The number of nitrogens with zero attached hydrogens (tertiary/aromatic N) is 3. The lowest BCUT2D eigenvalue weighted by Gasteiger charge is -2.13. The molecule has 0 bridgehead atoms. The summed E-state index contributed by atoms with van der Waals surface area (Å²) >= 11 is 0. The number of hydrogen-bond acceptors (Lipinski definition) is 5. The zero-order valence-electron chi connectivity index (χ0n) is 9.08. The second kappa shape index (κ2) is 5.72. The van der Waals surface area contributed by atoms with Gasteiger partial charge in [-0.25, -0.2) is 0 Å². The highest BCUT2D eigenvalue weighted by atomic mass is 16.5. The average molecular weight is 198 g/mol. The molecule has 0 aliphatic heterocycles. The van der Waals surface area contributed by atoms with E-state index in [9.17, 15) is 0 Å². The summed E-state index contributed by atoms with van der Waals surface area (Å²) in [6.45, 7) is 4.62. The van der Waals surface area contributed by atoms with E-state index < -0.39 is 0 Å². The van der Waals surface area contributed by atoms with Crippen molar-refractivity contribution in [2.45, 2.75) is 19.9 Å². The van der Waals surface area contributed by atoms with Crippen molar-refractivity contribution in [2.24, 2.45) is 0 Å². The molecule has 0 fully saturated rings. The molecule has 0 spiro atoms. The maximum atomic E-state index is 5.02. The van der Waals surface area contributed by atoms with Gasteiger partial charge in [0.2, 0.25) is 5.89 Å². The molecule has 0 aliphatic carbocycles. The SMILES string of the molecule is CNCCCN(C)Cc1nc(C)no1. The molecule has 14 heavy (non-hydrogen) atoms. The normalized spacial score (nSPS) is 11.1. The molecule has 1 aromatic heterocycles. The lowest BCUT2D eigenvalue weighted by Crippen LogP contribution is -2.22. The van der Waals surface area contributed by atoms with Gasteiger partial charge in [0.25, 0.3) is 0 Å². The van der Waals surface area contributed by atoms with Crippen molar-refractivity contribution < 1.29 is 4.52 Å². The third kappa shape index (κ3) is 3.85. The van der Waals surface area contributed by atoms with Crippen molar-refractivity contribution in [3.63, 3.8) is 0 Å². The van der Waals surface area contributed by atoms with Crippen molar-refractivity contribution in [2.75, 3.05) is 27.2 Å². The Balaban J connectivity index is 2.23. The van der Waals surface area contributed by atoms with Crippen LogP contribution in [0.4, 0.5) is 0 Å². The summed E-state index contributed by atoms with van der Waals surface area (Å²) in [7, 11) is 4.01. The predicted octanol–water partition coefficient (Wildman–Crippen LogP) is 0.419. The van der Waals surface area contributed by atoms with E-state index in [1.54, 1.807) is 0 Å². The van der Waals surface area contributed by atoms with Gasteiger partial charge < -0.3 is 9.84 Å². The van der Waals surface area contributed by atoms with Gasteiger partial charge in [-0.2, -0.15) is 4.98 Å². The smallest absolute Gasteiger partial charge is 0.240 e. The highest BCUT2D eigenvalue weighted by molar-refractivity contribution is 4.82. The van der Waals surface area contributed by atoms with Crippen LogP contribution < -0.4 is 5.32 Å². The van der Waals surface area contributed by atoms with Crippen LogP contribution in [0.2, 0.25) is 0 Å². The van der Waals surface area contributed by atoms with Crippen LogP contribution in [-0.4, -0.2) is 42.2 Å². The first-order valence-electron chi connectivity index (χ1n) is 4.84. The summed E-state index contributed by atoms with van der Waals surface area (Å²) in [5.41, 5.74) is 0. The van der Waals surface area contributed by atoms with Crippen LogP contribution in [0, 0.1) is 6.92 Å². The summed E-state index contributed by atoms with van der Waals surface area (Å²) in [5.74, 6) is 1.39. The van der Waals surface area contributed by atoms with E-state index >= 15 is 0 Å². The van der Waals surface area contributed by atoms with Crippen molar-refractivity contribution in [1.29, 1.82) is 0 Å². The Morgan fingerprint density at radius 1 is 1.50 bits per heavy atom. The van der Waals surface area contributed by atoms with E-state index in [0.29, 0.717) is 11.7 Å². The van der Waals surface area contributed by atoms with Gasteiger partial charge in [-0.1, -0.05) is 5.16 Å². The second-order valence-electron chi connectivity index (χ2n) is 3.43. The average Bonchev–Trinajstić information content (AvgIpc) is 2.52. The number of aryl methyl sites for hydroxylation is 1. The molecule has 1 rings (SSSR count). The van der Waals surface area contributed by atoms with Crippen molar-refractivity contribution >= 4 is 0 Å². The van der Waals surface area contributed by atoms with E-state index in [4.69, 9.17) is 4.52 Å². The van der Waals surface area contributed by atoms with Crippen LogP contribution in [0.15, 0.2) is 4.52 Å². The van der Waals surface area contributed by atoms with Gasteiger partial charge in [0.05, 0.1) is 6.54 Å². The minimum absolute atomic E-state index is 0.689. The number of aromatic nitrogens is 2. The van der Waals surface area contributed by atoms with Crippen LogP contribution in [0.3, 0.4) is 0 Å². The molecule has 5 heteroatoms. The first-order valence-corrected chi connectivity index (χ1v) is 4.84. The molecular formula is C9H18N4O. The summed E-state index contributed by atoms with van der Waals surface area (Å²) < 4.78 is 5.02. The van der Waals surface area contributed by atoms with Crippen LogP contribution in [0.1, 0.15) is 18.1 Å². The standard InChI is InChI=1S/C9H18N4O/c1-8-11-9(14-12-8)7-13(3)6-4-5-10-2/h10H,4-7H2,1-3H3. The van der Waals surface area contributed by atoms with E-state index in [0.717, 1.165) is 26.1 Å². The molecule has 1 aromatic rings. The Morgan fingerprint density at radius 3 is 2.86 bits per heavy atom. The van der Waals surface area contributed by atoms with Gasteiger partial charge in [-0.05, 0) is 40.5 Å². The Morgan fingerprint density at radius 2 is 2.29 bits per heavy atom. The van der Waals surface area contributed by atoms with E-state index in [1.165, 1.54) is 0 Å². The molecule has 0 aliphatic rings. The fraction of sp³-hybridized carbons (Fsp3) is 0.778. The number of hydrogen-bond donors (Lipinski definition) is 1. The van der Waals surface area contributed by atoms with E-state index in [-0.39, 0.29) is 0 Å². The van der Waals surface area contributed by atoms with Crippen molar-refractivity contribution in [3.05, 3.63) is 11.7 Å². The van der Waals surface area contributed by atoms with E-state index in [2.05, 4.69) is 27.4 Å². The van der Waals surface area contributed by atoms with Gasteiger partial charge in [0, 0.05) is 0 Å². The molecule has 5 nitrogen and oxygen atoms in total. The minimum Gasteiger partial charge on any atom is -0.338 e. The topological polar surface area (TPSA) is 54.2 Å². The maximum Gasteiger partial charge on any atom is 0.240 e. The molecule has 0 atom stereocenters. The first kappa shape index (κ1) is 11.1. The minimum atomic E-state index is 0.689. The third-order valence-corrected chi connectivity index (χ3v) is 1.94. The molecular weight excluding hydrogens is 180 g/mol. The summed E-state index contributed by atoms with van der Waals surface area (Å²) in [5, 5.41) is 6.85. The molecule has 0 amide bonds. The molecule has 0 saturated carbocycles. The number of nitrogens with one attached hydrogen (secondary N) is 1. The number of rotatable bonds is 6. The monoisotopic (exact) mass is 198 g/mol. The van der Waals surface area contributed by atoms with E-state index in [1.807, 2.05) is 14.0 Å². The zero-order chi connectivity index (χ0) is 10.4. The lowest BCUT2D eigenvalue weighted by molar-refractivity contribution is 0.263. The Bertz CT molecular complexity index is 261. The highest BCUT2D eigenvalue weighted by Crippen LogP contribution is 2.00. The fourth-order valence-corrected chi connectivity index (χ4v) is 1.24.